The van der Waals surface area contributed by atoms with Crippen LogP contribution in [0, 0.1) is 0 Å². The summed E-state index contributed by atoms with van der Waals surface area (Å²) >= 11 is 4.99. The maximum absolute atomic E-state index is 12.8. The van der Waals surface area contributed by atoms with Crippen LogP contribution in [0.1, 0.15) is 36.0 Å². The summed E-state index contributed by atoms with van der Waals surface area (Å²) in [6.45, 7) is 0.330. The lowest BCUT2D eigenvalue weighted by Gasteiger charge is -2.29. The Kier molecular flexibility index (Phi) is 4.95. The van der Waals surface area contributed by atoms with Crippen LogP contribution in [0.3, 0.4) is 0 Å². The molecular weight excluding hydrogens is 272 g/mol. The summed E-state index contributed by atoms with van der Waals surface area (Å²) in [7, 11) is 1.57. The van der Waals surface area contributed by atoms with E-state index in [1.54, 1.807) is 24.1 Å². The smallest absolute Gasteiger partial charge is 0.258 e. The molecule has 0 aliphatic heterocycles. The number of carbonyl (C=O) groups excluding carboxylic acids is 1. The van der Waals surface area contributed by atoms with Crippen LogP contribution in [0.15, 0.2) is 24.3 Å². The van der Waals surface area contributed by atoms with Gasteiger partial charge in [-0.05, 0) is 25.0 Å². The largest absolute Gasteiger partial charge is 0.496 e. The molecule has 2 N–H and O–H groups in total. The number of amides is 1. The first-order valence-electron chi connectivity index (χ1n) is 6.85. The van der Waals surface area contributed by atoms with E-state index >= 15 is 0 Å². The first kappa shape index (κ1) is 14.8. The van der Waals surface area contributed by atoms with Crippen molar-refractivity contribution in [2.75, 3.05) is 13.7 Å². The highest BCUT2D eigenvalue weighted by molar-refractivity contribution is 7.80. The maximum Gasteiger partial charge on any atom is 0.258 e. The predicted molar refractivity (Wildman–Crippen MR) is 83.1 cm³/mol. The summed E-state index contributed by atoms with van der Waals surface area (Å²) in [5, 5.41) is 0. The summed E-state index contributed by atoms with van der Waals surface area (Å²) < 4.78 is 5.27. The van der Waals surface area contributed by atoms with E-state index in [1.165, 1.54) is 0 Å². The zero-order chi connectivity index (χ0) is 14.5. The number of rotatable bonds is 5. The van der Waals surface area contributed by atoms with Crippen LogP contribution < -0.4 is 10.5 Å². The fraction of sp³-hybridized carbons (Fsp3) is 0.467. The van der Waals surface area contributed by atoms with Crippen molar-refractivity contribution in [3.8, 4) is 5.75 Å². The third-order valence-corrected chi connectivity index (χ3v) is 3.82. The number of ether oxygens (including phenoxy) is 1. The molecule has 0 unspecified atom stereocenters. The van der Waals surface area contributed by atoms with Gasteiger partial charge in [0.2, 0.25) is 0 Å². The molecule has 1 aromatic carbocycles. The molecule has 1 aliphatic rings. The first-order valence-corrected chi connectivity index (χ1v) is 7.26. The molecule has 2 rings (SSSR count). The van der Waals surface area contributed by atoms with Crippen molar-refractivity contribution in [1.29, 1.82) is 0 Å². The molecule has 0 spiro atoms. The monoisotopic (exact) mass is 292 g/mol. The third-order valence-electron chi connectivity index (χ3n) is 3.69. The van der Waals surface area contributed by atoms with Crippen molar-refractivity contribution in [3.05, 3.63) is 29.8 Å². The zero-order valence-corrected chi connectivity index (χ0v) is 12.5. The second-order valence-corrected chi connectivity index (χ2v) is 5.56. The van der Waals surface area contributed by atoms with Gasteiger partial charge in [0, 0.05) is 6.04 Å². The molecule has 1 fully saturated rings. The minimum atomic E-state index is -0.0536. The van der Waals surface area contributed by atoms with Crippen LogP contribution in [0.4, 0.5) is 0 Å². The second kappa shape index (κ2) is 6.70. The number of para-hydroxylation sites is 1. The van der Waals surface area contributed by atoms with Gasteiger partial charge in [-0.1, -0.05) is 37.2 Å². The Balaban J connectivity index is 2.27. The van der Waals surface area contributed by atoms with E-state index in [0.717, 1.165) is 25.7 Å². The van der Waals surface area contributed by atoms with Crippen molar-refractivity contribution in [3.63, 3.8) is 0 Å². The highest BCUT2D eigenvalue weighted by atomic mass is 32.1. The summed E-state index contributed by atoms with van der Waals surface area (Å²) in [6, 6.07) is 7.49. The fourth-order valence-corrected chi connectivity index (χ4v) is 2.87. The lowest BCUT2D eigenvalue weighted by molar-refractivity contribution is 0.0711. The maximum atomic E-state index is 12.8. The molecule has 0 radical (unpaired) electrons. The molecule has 0 bridgehead atoms. The molecule has 0 aromatic heterocycles. The molecule has 0 atom stereocenters. The molecular formula is C15H20N2O2S. The van der Waals surface area contributed by atoms with Crippen molar-refractivity contribution in [2.24, 2.45) is 5.73 Å². The summed E-state index contributed by atoms with van der Waals surface area (Å²) in [5.74, 6) is 0.533. The van der Waals surface area contributed by atoms with Crippen LogP contribution in [-0.4, -0.2) is 35.5 Å². The van der Waals surface area contributed by atoms with Gasteiger partial charge in [-0.2, -0.15) is 0 Å². The minimum absolute atomic E-state index is 0.0536. The molecule has 0 saturated heterocycles. The Morgan fingerprint density at radius 3 is 2.65 bits per heavy atom. The molecule has 1 aliphatic carbocycles. The van der Waals surface area contributed by atoms with Gasteiger partial charge in [-0.25, -0.2) is 0 Å². The predicted octanol–water partition coefficient (Wildman–Crippen LogP) is 2.37. The first-order chi connectivity index (χ1) is 9.63. The quantitative estimate of drug-likeness (QED) is 0.847. The van der Waals surface area contributed by atoms with Gasteiger partial charge in [-0.15, -0.1) is 0 Å². The van der Waals surface area contributed by atoms with Crippen LogP contribution >= 0.6 is 12.2 Å². The SMILES string of the molecule is COc1ccccc1C(=O)N(CC(N)=S)C1CCCC1. The van der Waals surface area contributed by atoms with Crippen molar-refractivity contribution < 1.29 is 9.53 Å². The number of benzene rings is 1. The van der Waals surface area contributed by atoms with Crippen molar-refractivity contribution in [1.82, 2.24) is 4.90 Å². The van der Waals surface area contributed by atoms with Crippen molar-refractivity contribution >= 4 is 23.1 Å². The average Bonchev–Trinajstić information content (AvgIpc) is 2.97. The van der Waals surface area contributed by atoms with Crippen LogP contribution in [-0.2, 0) is 0 Å². The van der Waals surface area contributed by atoms with Gasteiger partial charge in [0.25, 0.3) is 5.91 Å². The van der Waals surface area contributed by atoms with E-state index in [9.17, 15) is 4.79 Å². The molecule has 0 heterocycles. The third kappa shape index (κ3) is 3.28. The number of carbonyl (C=O) groups is 1. The van der Waals surface area contributed by atoms with E-state index < -0.39 is 0 Å². The highest BCUT2D eigenvalue weighted by Gasteiger charge is 2.29. The van der Waals surface area contributed by atoms with Crippen LogP contribution in [0.2, 0.25) is 0 Å². The fourth-order valence-electron chi connectivity index (χ4n) is 2.73. The van der Waals surface area contributed by atoms with E-state index in [0.29, 0.717) is 22.8 Å². The van der Waals surface area contributed by atoms with Gasteiger partial charge >= 0.3 is 0 Å². The Morgan fingerprint density at radius 1 is 1.40 bits per heavy atom. The second-order valence-electron chi connectivity index (χ2n) is 5.04. The number of nitrogens with zero attached hydrogens (tertiary/aromatic N) is 1. The molecule has 4 nitrogen and oxygen atoms in total. The Labute approximate surface area is 124 Å². The Morgan fingerprint density at radius 2 is 2.05 bits per heavy atom. The number of nitrogens with two attached hydrogens (primary N) is 1. The summed E-state index contributed by atoms with van der Waals surface area (Å²) in [6.07, 6.45) is 4.34. The lowest BCUT2D eigenvalue weighted by atomic mass is 10.1. The molecule has 108 valence electrons. The molecule has 1 aromatic rings. The lowest BCUT2D eigenvalue weighted by Crippen LogP contribution is -2.43. The molecule has 1 saturated carbocycles. The minimum Gasteiger partial charge on any atom is -0.496 e. The average molecular weight is 292 g/mol. The van der Waals surface area contributed by atoms with E-state index in [-0.39, 0.29) is 11.9 Å². The Hall–Kier alpha value is -1.62. The van der Waals surface area contributed by atoms with Gasteiger partial charge in [0.15, 0.2) is 0 Å². The molecule has 20 heavy (non-hydrogen) atoms. The van der Waals surface area contributed by atoms with Crippen LogP contribution in [0.5, 0.6) is 5.75 Å². The zero-order valence-electron chi connectivity index (χ0n) is 11.7. The van der Waals surface area contributed by atoms with Crippen molar-refractivity contribution in [2.45, 2.75) is 31.7 Å². The number of hydrogen-bond acceptors (Lipinski definition) is 3. The van der Waals surface area contributed by atoms with E-state index in [2.05, 4.69) is 0 Å². The number of thiocarbonyl (C=S) groups is 1. The normalized spacial score (nSPS) is 15.1. The van der Waals surface area contributed by atoms with E-state index in [4.69, 9.17) is 22.7 Å². The van der Waals surface area contributed by atoms with Gasteiger partial charge in [-0.3, -0.25) is 4.79 Å². The number of hydrogen-bond donors (Lipinski definition) is 1. The van der Waals surface area contributed by atoms with Gasteiger partial charge < -0.3 is 15.4 Å². The number of methoxy groups -OCH3 is 1. The van der Waals surface area contributed by atoms with Crippen LogP contribution in [0.25, 0.3) is 0 Å². The van der Waals surface area contributed by atoms with Gasteiger partial charge in [0.05, 0.1) is 24.2 Å². The van der Waals surface area contributed by atoms with Gasteiger partial charge in [0.1, 0.15) is 5.75 Å². The summed E-state index contributed by atoms with van der Waals surface area (Å²) in [5.41, 5.74) is 6.22. The standard InChI is InChI=1S/C15H20N2O2S/c1-19-13-9-5-4-8-12(13)15(18)17(10-14(16)20)11-6-2-3-7-11/h4-5,8-9,11H,2-3,6-7,10H2,1H3,(H2,16,20). The molecule has 1 amide bonds. The molecule has 5 heteroatoms. The summed E-state index contributed by atoms with van der Waals surface area (Å²) in [4.78, 5) is 14.9. The van der Waals surface area contributed by atoms with E-state index in [1.807, 2.05) is 12.1 Å². The highest BCUT2D eigenvalue weighted by Crippen LogP contribution is 2.27. The Bertz CT molecular complexity index is 498. The topological polar surface area (TPSA) is 55.6 Å².